The van der Waals surface area contributed by atoms with Gasteiger partial charge in [0.25, 0.3) is 0 Å². The van der Waals surface area contributed by atoms with Crippen LogP contribution in [0.15, 0.2) is 0 Å². The maximum absolute atomic E-state index is 11.3. The molecule has 0 unspecified atom stereocenters. The van der Waals surface area contributed by atoms with Crippen molar-refractivity contribution in [3.8, 4) is 0 Å². The van der Waals surface area contributed by atoms with Crippen LogP contribution in [-0.2, 0) is 16.6 Å². The Hall–Kier alpha value is -0.920. The second-order valence-corrected chi connectivity index (χ2v) is 7.22. The Bertz CT molecular complexity index is 537. The third-order valence-electron chi connectivity index (χ3n) is 3.55. The van der Waals surface area contributed by atoms with Crippen molar-refractivity contribution in [2.75, 3.05) is 18.8 Å². The molecule has 7 heteroatoms. The molecule has 1 atom stereocenters. The fourth-order valence-corrected chi connectivity index (χ4v) is 2.56. The van der Waals surface area contributed by atoms with Crippen molar-refractivity contribution in [2.45, 2.75) is 47.2 Å². The molecule has 0 bridgehead atoms. The number of aromatic nitrogens is 2. The topological polar surface area (TPSA) is 76.0 Å². The van der Waals surface area contributed by atoms with Crippen LogP contribution in [0.4, 0.5) is 0 Å². The van der Waals surface area contributed by atoms with Crippen LogP contribution in [0.5, 0.6) is 0 Å². The van der Waals surface area contributed by atoms with E-state index in [9.17, 15) is 8.42 Å². The van der Waals surface area contributed by atoms with Crippen LogP contribution < -0.4 is 10.0 Å². The van der Waals surface area contributed by atoms with E-state index in [0.29, 0.717) is 6.54 Å². The van der Waals surface area contributed by atoms with Crippen molar-refractivity contribution in [2.24, 2.45) is 0 Å². The largest absolute Gasteiger partial charge is 0.311 e. The molecule has 116 valence electrons. The number of hydrogen-bond acceptors (Lipinski definition) is 4. The average Bonchev–Trinajstić information content (AvgIpc) is 2.64. The third-order valence-corrected chi connectivity index (χ3v) is 4.92. The molecule has 20 heavy (non-hydrogen) atoms. The van der Waals surface area contributed by atoms with Crippen LogP contribution in [0.2, 0.25) is 0 Å². The van der Waals surface area contributed by atoms with Crippen molar-refractivity contribution in [1.82, 2.24) is 19.8 Å². The van der Waals surface area contributed by atoms with Gasteiger partial charge >= 0.3 is 0 Å². The number of hydrogen-bond donors (Lipinski definition) is 2. The van der Waals surface area contributed by atoms with Gasteiger partial charge in [0.15, 0.2) is 0 Å². The van der Waals surface area contributed by atoms with Gasteiger partial charge in [0, 0.05) is 24.8 Å². The summed E-state index contributed by atoms with van der Waals surface area (Å²) in [6.07, 6.45) is 0. The lowest BCUT2D eigenvalue weighted by Gasteiger charge is -2.15. The van der Waals surface area contributed by atoms with Gasteiger partial charge < -0.3 is 5.32 Å². The summed E-state index contributed by atoms with van der Waals surface area (Å²) in [5, 5.41) is 7.77. The lowest BCUT2D eigenvalue weighted by Crippen LogP contribution is -2.40. The Morgan fingerprint density at radius 1 is 1.30 bits per heavy atom. The number of rotatable bonds is 8. The van der Waals surface area contributed by atoms with Crippen LogP contribution in [-0.4, -0.2) is 43.1 Å². The van der Waals surface area contributed by atoms with Gasteiger partial charge in [0.05, 0.1) is 18.0 Å². The van der Waals surface area contributed by atoms with Gasteiger partial charge in [-0.3, -0.25) is 4.68 Å². The van der Waals surface area contributed by atoms with Gasteiger partial charge in [-0.05, 0) is 40.2 Å². The lowest BCUT2D eigenvalue weighted by molar-refractivity contribution is 0.482. The van der Waals surface area contributed by atoms with E-state index in [1.165, 1.54) is 11.3 Å². The lowest BCUT2D eigenvalue weighted by atomic mass is 10.2. The van der Waals surface area contributed by atoms with Gasteiger partial charge in [-0.1, -0.05) is 0 Å². The number of aryl methyl sites for hydroxylation is 1. The second-order valence-electron chi connectivity index (χ2n) is 5.13. The summed E-state index contributed by atoms with van der Waals surface area (Å²) in [4.78, 5) is 0. The van der Waals surface area contributed by atoms with Gasteiger partial charge in [-0.25, -0.2) is 13.1 Å². The van der Waals surface area contributed by atoms with Crippen LogP contribution >= 0.6 is 0 Å². The molecule has 2 N–H and O–H groups in total. The molecule has 0 aliphatic carbocycles. The highest BCUT2D eigenvalue weighted by Crippen LogP contribution is 2.10. The molecule has 6 nitrogen and oxygen atoms in total. The molecule has 1 heterocycles. The predicted octanol–water partition coefficient (Wildman–Crippen LogP) is 0.726. The van der Waals surface area contributed by atoms with E-state index in [0.717, 1.165) is 18.8 Å². The molecule has 0 saturated heterocycles. The highest BCUT2D eigenvalue weighted by Gasteiger charge is 2.10. The van der Waals surface area contributed by atoms with Crippen molar-refractivity contribution in [3.05, 3.63) is 17.0 Å². The van der Waals surface area contributed by atoms with E-state index in [-0.39, 0.29) is 11.8 Å². The Morgan fingerprint density at radius 2 is 1.95 bits per heavy atom. The van der Waals surface area contributed by atoms with Crippen LogP contribution in [0, 0.1) is 20.8 Å². The smallest absolute Gasteiger partial charge is 0.211 e. The molecule has 0 amide bonds. The maximum atomic E-state index is 11.3. The number of nitrogens with zero attached hydrogens (tertiary/aromatic N) is 2. The molecule has 0 spiro atoms. The quantitative estimate of drug-likeness (QED) is 0.742. The monoisotopic (exact) mass is 302 g/mol. The zero-order valence-electron chi connectivity index (χ0n) is 13.0. The zero-order valence-corrected chi connectivity index (χ0v) is 13.8. The van der Waals surface area contributed by atoms with E-state index >= 15 is 0 Å². The van der Waals surface area contributed by atoms with Gasteiger partial charge in [-0.15, -0.1) is 0 Å². The standard InChI is InChI=1S/C13H26N4O2S/c1-6-20(18,19)15-9-10(2)14-7-8-17-13(5)11(3)12(4)16-17/h10,14-15H,6-9H2,1-5H3/t10-/m1/s1. The number of sulfonamides is 1. The van der Waals surface area contributed by atoms with Crippen LogP contribution in [0.25, 0.3) is 0 Å². The Balaban J connectivity index is 2.35. The zero-order chi connectivity index (χ0) is 15.3. The summed E-state index contributed by atoms with van der Waals surface area (Å²) in [7, 11) is -3.11. The van der Waals surface area contributed by atoms with E-state index < -0.39 is 10.0 Å². The molecule has 1 aromatic rings. The summed E-state index contributed by atoms with van der Waals surface area (Å²) < 4.78 is 27.2. The highest BCUT2D eigenvalue weighted by atomic mass is 32.2. The van der Waals surface area contributed by atoms with Crippen LogP contribution in [0.1, 0.15) is 30.8 Å². The molecule has 0 radical (unpaired) electrons. The first-order valence-electron chi connectivity index (χ1n) is 6.98. The molecule has 1 rings (SSSR count). The summed E-state index contributed by atoms with van der Waals surface area (Å²) in [6.45, 7) is 11.7. The fourth-order valence-electron chi connectivity index (χ4n) is 1.85. The molecular formula is C13H26N4O2S. The average molecular weight is 302 g/mol. The van der Waals surface area contributed by atoms with Gasteiger partial charge in [-0.2, -0.15) is 5.10 Å². The fraction of sp³-hybridized carbons (Fsp3) is 0.769. The SMILES string of the molecule is CCS(=O)(=O)NC[C@@H](C)NCCn1nc(C)c(C)c1C. The first kappa shape index (κ1) is 17.1. The van der Waals surface area contributed by atoms with Crippen molar-refractivity contribution in [3.63, 3.8) is 0 Å². The van der Waals surface area contributed by atoms with Crippen molar-refractivity contribution >= 4 is 10.0 Å². The predicted molar refractivity (Wildman–Crippen MR) is 81.4 cm³/mol. The van der Waals surface area contributed by atoms with E-state index in [1.54, 1.807) is 6.92 Å². The van der Waals surface area contributed by atoms with Gasteiger partial charge in [0.2, 0.25) is 10.0 Å². The minimum Gasteiger partial charge on any atom is -0.311 e. The minimum atomic E-state index is -3.11. The second kappa shape index (κ2) is 7.19. The summed E-state index contributed by atoms with van der Waals surface area (Å²) >= 11 is 0. The summed E-state index contributed by atoms with van der Waals surface area (Å²) in [6, 6.07) is 0.0920. The third kappa shape index (κ3) is 4.88. The molecule has 0 aliphatic rings. The molecule has 0 aliphatic heterocycles. The van der Waals surface area contributed by atoms with Gasteiger partial charge in [0.1, 0.15) is 0 Å². The minimum absolute atomic E-state index is 0.0920. The van der Waals surface area contributed by atoms with Crippen LogP contribution in [0.3, 0.4) is 0 Å². The van der Waals surface area contributed by atoms with Crippen molar-refractivity contribution in [1.29, 1.82) is 0 Å². The molecule has 0 aromatic carbocycles. The molecular weight excluding hydrogens is 276 g/mol. The molecule has 1 aromatic heterocycles. The first-order valence-corrected chi connectivity index (χ1v) is 8.63. The molecule has 0 fully saturated rings. The Labute approximate surface area is 122 Å². The number of nitrogens with one attached hydrogen (secondary N) is 2. The Kier molecular flexibility index (Phi) is 6.16. The summed E-state index contributed by atoms with van der Waals surface area (Å²) in [5.74, 6) is 0.116. The van der Waals surface area contributed by atoms with Crippen molar-refractivity contribution < 1.29 is 8.42 Å². The molecule has 0 saturated carbocycles. The maximum Gasteiger partial charge on any atom is 0.211 e. The van der Waals surface area contributed by atoms with E-state index in [4.69, 9.17) is 0 Å². The highest BCUT2D eigenvalue weighted by molar-refractivity contribution is 7.89. The Morgan fingerprint density at radius 3 is 2.45 bits per heavy atom. The first-order chi connectivity index (χ1) is 9.26. The normalized spacial score (nSPS) is 13.7. The summed E-state index contributed by atoms with van der Waals surface area (Å²) in [5.41, 5.74) is 3.48. The van der Waals surface area contributed by atoms with E-state index in [1.807, 2.05) is 18.5 Å². The van der Waals surface area contributed by atoms with E-state index in [2.05, 4.69) is 29.0 Å².